The standard InChI is InChI=1S/C16H14Cl3NO2/c1-2-14(22-15-6-4-3-5-12(15)18)16(21)20-10-7-8-11(17)13(19)9-10/h3-9,14H,2H2,1H3,(H,20,21)/t14-/m0/s1. The molecule has 0 aliphatic carbocycles. The lowest BCUT2D eigenvalue weighted by atomic mass is 10.2. The Morgan fingerprint density at radius 1 is 1.09 bits per heavy atom. The molecule has 2 rings (SSSR count). The molecule has 0 fully saturated rings. The number of carbonyl (C=O) groups is 1. The number of amides is 1. The van der Waals surface area contributed by atoms with Crippen LogP contribution in [0, 0.1) is 0 Å². The van der Waals surface area contributed by atoms with Crippen LogP contribution in [0.5, 0.6) is 5.75 Å². The zero-order valence-electron chi connectivity index (χ0n) is 11.8. The maximum Gasteiger partial charge on any atom is 0.265 e. The van der Waals surface area contributed by atoms with Crippen molar-refractivity contribution in [3.05, 3.63) is 57.5 Å². The predicted molar refractivity (Wildman–Crippen MR) is 91.3 cm³/mol. The second-order valence-electron chi connectivity index (χ2n) is 4.56. The van der Waals surface area contributed by atoms with Gasteiger partial charge >= 0.3 is 0 Å². The molecule has 0 aliphatic rings. The van der Waals surface area contributed by atoms with Crippen LogP contribution in [-0.2, 0) is 4.79 Å². The van der Waals surface area contributed by atoms with Crippen LogP contribution in [0.3, 0.4) is 0 Å². The van der Waals surface area contributed by atoms with E-state index in [2.05, 4.69) is 5.32 Å². The molecular formula is C16H14Cl3NO2. The zero-order chi connectivity index (χ0) is 16.1. The number of hydrogen-bond acceptors (Lipinski definition) is 2. The Labute approximate surface area is 144 Å². The van der Waals surface area contributed by atoms with Gasteiger partial charge in [0.25, 0.3) is 5.91 Å². The minimum atomic E-state index is -0.658. The molecule has 0 unspecified atom stereocenters. The molecule has 3 nitrogen and oxygen atoms in total. The van der Waals surface area contributed by atoms with Crippen LogP contribution in [0.15, 0.2) is 42.5 Å². The summed E-state index contributed by atoms with van der Waals surface area (Å²) in [7, 11) is 0. The maximum absolute atomic E-state index is 12.3. The number of rotatable bonds is 5. The van der Waals surface area contributed by atoms with Crippen molar-refractivity contribution in [3.8, 4) is 5.75 Å². The molecule has 0 saturated carbocycles. The maximum atomic E-state index is 12.3. The van der Waals surface area contributed by atoms with E-state index in [1.807, 2.05) is 6.92 Å². The minimum Gasteiger partial charge on any atom is -0.479 e. The Hall–Kier alpha value is -1.42. The van der Waals surface area contributed by atoms with Crippen molar-refractivity contribution in [1.29, 1.82) is 0 Å². The molecular weight excluding hydrogens is 345 g/mol. The smallest absolute Gasteiger partial charge is 0.265 e. The molecule has 0 spiro atoms. The fourth-order valence-corrected chi connectivity index (χ4v) is 2.29. The molecule has 0 aliphatic heterocycles. The molecule has 1 atom stereocenters. The van der Waals surface area contributed by atoms with Crippen molar-refractivity contribution in [2.24, 2.45) is 0 Å². The van der Waals surface area contributed by atoms with Gasteiger partial charge in [0.05, 0.1) is 15.1 Å². The summed E-state index contributed by atoms with van der Waals surface area (Å²) in [6, 6.07) is 11.9. The summed E-state index contributed by atoms with van der Waals surface area (Å²) in [6.45, 7) is 1.86. The molecule has 0 aromatic heterocycles. The third-order valence-electron chi connectivity index (χ3n) is 2.96. The van der Waals surface area contributed by atoms with Gasteiger partial charge in [-0.05, 0) is 36.8 Å². The Balaban J connectivity index is 2.08. The Morgan fingerprint density at radius 3 is 2.45 bits per heavy atom. The first-order valence-electron chi connectivity index (χ1n) is 6.68. The number of anilines is 1. The van der Waals surface area contributed by atoms with E-state index in [-0.39, 0.29) is 5.91 Å². The van der Waals surface area contributed by atoms with Crippen molar-refractivity contribution in [2.75, 3.05) is 5.32 Å². The Bertz CT molecular complexity index is 676. The van der Waals surface area contributed by atoms with Crippen LogP contribution in [-0.4, -0.2) is 12.0 Å². The molecule has 0 saturated heterocycles. The van der Waals surface area contributed by atoms with E-state index in [1.54, 1.807) is 42.5 Å². The number of halogens is 3. The summed E-state index contributed by atoms with van der Waals surface area (Å²) in [5.41, 5.74) is 0.556. The zero-order valence-corrected chi connectivity index (χ0v) is 14.0. The highest BCUT2D eigenvalue weighted by Crippen LogP contribution is 2.27. The normalized spacial score (nSPS) is 11.8. The van der Waals surface area contributed by atoms with E-state index in [4.69, 9.17) is 39.5 Å². The van der Waals surface area contributed by atoms with Gasteiger partial charge in [0.1, 0.15) is 5.75 Å². The van der Waals surface area contributed by atoms with Gasteiger partial charge in [0.2, 0.25) is 0 Å². The molecule has 0 heterocycles. The molecule has 2 aromatic rings. The number of para-hydroxylation sites is 1. The van der Waals surface area contributed by atoms with Gasteiger partial charge in [-0.2, -0.15) is 0 Å². The molecule has 1 N–H and O–H groups in total. The third kappa shape index (κ3) is 4.29. The quantitative estimate of drug-likeness (QED) is 0.772. The number of hydrogen-bond donors (Lipinski definition) is 1. The summed E-state index contributed by atoms with van der Waals surface area (Å²) < 4.78 is 5.68. The van der Waals surface area contributed by atoms with E-state index < -0.39 is 6.10 Å². The van der Waals surface area contributed by atoms with E-state index in [1.165, 1.54) is 0 Å². The van der Waals surface area contributed by atoms with Gasteiger partial charge in [-0.1, -0.05) is 53.9 Å². The first-order valence-corrected chi connectivity index (χ1v) is 7.81. The second-order valence-corrected chi connectivity index (χ2v) is 5.78. The Kier molecular flexibility index (Phi) is 5.95. The SMILES string of the molecule is CC[C@H](Oc1ccccc1Cl)C(=O)Nc1ccc(Cl)c(Cl)c1. The number of carbonyl (C=O) groups excluding carboxylic acids is 1. The largest absolute Gasteiger partial charge is 0.479 e. The number of ether oxygens (including phenoxy) is 1. The highest BCUT2D eigenvalue weighted by molar-refractivity contribution is 6.42. The molecule has 0 radical (unpaired) electrons. The van der Waals surface area contributed by atoms with E-state index in [9.17, 15) is 4.79 Å². The van der Waals surface area contributed by atoms with E-state index in [0.29, 0.717) is 32.9 Å². The van der Waals surface area contributed by atoms with Crippen molar-refractivity contribution < 1.29 is 9.53 Å². The highest BCUT2D eigenvalue weighted by atomic mass is 35.5. The van der Waals surface area contributed by atoms with Crippen LogP contribution in [0.1, 0.15) is 13.3 Å². The molecule has 2 aromatic carbocycles. The third-order valence-corrected chi connectivity index (χ3v) is 4.01. The van der Waals surface area contributed by atoms with Gasteiger partial charge in [-0.15, -0.1) is 0 Å². The fraction of sp³-hybridized carbons (Fsp3) is 0.188. The number of nitrogens with one attached hydrogen (secondary N) is 1. The molecule has 1 amide bonds. The van der Waals surface area contributed by atoms with Crippen molar-refractivity contribution in [3.63, 3.8) is 0 Å². The summed E-state index contributed by atoms with van der Waals surface area (Å²) in [4.78, 5) is 12.3. The highest BCUT2D eigenvalue weighted by Gasteiger charge is 2.19. The van der Waals surface area contributed by atoms with Crippen LogP contribution >= 0.6 is 34.8 Å². The lowest BCUT2D eigenvalue weighted by Crippen LogP contribution is -2.32. The van der Waals surface area contributed by atoms with Crippen molar-refractivity contribution in [2.45, 2.75) is 19.4 Å². The lowest BCUT2D eigenvalue weighted by Gasteiger charge is -2.18. The van der Waals surface area contributed by atoms with Crippen LogP contribution in [0.2, 0.25) is 15.1 Å². The average molecular weight is 359 g/mol. The first kappa shape index (κ1) is 16.9. The van der Waals surface area contributed by atoms with Gasteiger partial charge in [-0.25, -0.2) is 0 Å². The van der Waals surface area contributed by atoms with Crippen LogP contribution in [0.4, 0.5) is 5.69 Å². The Morgan fingerprint density at radius 2 is 1.82 bits per heavy atom. The number of benzene rings is 2. The summed E-state index contributed by atoms with van der Waals surface area (Å²) in [5.74, 6) is 0.195. The first-order chi connectivity index (χ1) is 10.5. The summed E-state index contributed by atoms with van der Waals surface area (Å²) in [6.07, 6.45) is -0.160. The van der Waals surface area contributed by atoms with Crippen LogP contribution in [0.25, 0.3) is 0 Å². The summed E-state index contributed by atoms with van der Waals surface area (Å²) >= 11 is 17.8. The average Bonchev–Trinajstić information content (AvgIpc) is 2.50. The summed E-state index contributed by atoms with van der Waals surface area (Å²) in [5, 5.41) is 4.02. The fourth-order valence-electron chi connectivity index (χ4n) is 1.81. The minimum absolute atomic E-state index is 0.277. The predicted octanol–water partition coefficient (Wildman–Crippen LogP) is 5.44. The molecule has 116 valence electrons. The van der Waals surface area contributed by atoms with Gasteiger partial charge in [0.15, 0.2) is 6.10 Å². The van der Waals surface area contributed by atoms with Crippen molar-refractivity contribution >= 4 is 46.4 Å². The van der Waals surface area contributed by atoms with E-state index >= 15 is 0 Å². The van der Waals surface area contributed by atoms with Crippen molar-refractivity contribution in [1.82, 2.24) is 0 Å². The molecule has 22 heavy (non-hydrogen) atoms. The van der Waals surface area contributed by atoms with E-state index in [0.717, 1.165) is 0 Å². The molecule has 0 bridgehead atoms. The topological polar surface area (TPSA) is 38.3 Å². The molecule has 6 heteroatoms. The lowest BCUT2D eigenvalue weighted by molar-refractivity contribution is -0.122. The van der Waals surface area contributed by atoms with Gasteiger partial charge in [0, 0.05) is 5.69 Å². The van der Waals surface area contributed by atoms with Gasteiger partial charge in [-0.3, -0.25) is 4.79 Å². The second kappa shape index (κ2) is 7.73. The van der Waals surface area contributed by atoms with Gasteiger partial charge < -0.3 is 10.1 Å². The monoisotopic (exact) mass is 357 g/mol. The van der Waals surface area contributed by atoms with Crippen LogP contribution < -0.4 is 10.1 Å².